The zero-order chi connectivity index (χ0) is 14.9. The monoisotopic (exact) mass is 309 g/mol. The van der Waals surface area contributed by atoms with E-state index in [0.29, 0.717) is 12.1 Å². The molecule has 0 amide bonds. The van der Waals surface area contributed by atoms with E-state index in [-0.39, 0.29) is 0 Å². The number of rotatable bonds is 3. The Hall–Kier alpha value is -2.59. The number of hydrogen-bond donors (Lipinski definition) is 1. The van der Waals surface area contributed by atoms with Crippen LogP contribution in [-0.2, 0) is 6.42 Å². The minimum Gasteiger partial charge on any atom is -0.464 e. The number of aromatic nitrogens is 3. The third-order valence-corrected chi connectivity index (χ3v) is 3.88. The molecule has 1 N–H and O–H groups in total. The molecule has 3 aromatic heterocycles. The van der Waals surface area contributed by atoms with Crippen molar-refractivity contribution in [3.8, 4) is 11.3 Å². The van der Waals surface area contributed by atoms with Gasteiger partial charge in [0, 0.05) is 23.2 Å². The molecule has 0 fully saturated rings. The second-order valence-electron chi connectivity index (χ2n) is 5.02. The first-order valence-corrected chi connectivity index (χ1v) is 7.29. The molecule has 0 atom stereocenters. The molecule has 22 heavy (non-hydrogen) atoms. The van der Waals surface area contributed by atoms with Gasteiger partial charge in [0.1, 0.15) is 11.6 Å². The Morgan fingerprint density at radius 3 is 2.86 bits per heavy atom. The Labute approximate surface area is 131 Å². The van der Waals surface area contributed by atoms with Crippen molar-refractivity contribution in [1.29, 1.82) is 0 Å². The summed E-state index contributed by atoms with van der Waals surface area (Å²) in [5, 5.41) is 0.743. The largest absolute Gasteiger partial charge is 0.464 e. The van der Waals surface area contributed by atoms with Crippen LogP contribution in [0.25, 0.3) is 22.5 Å². The van der Waals surface area contributed by atoms with Crippen molar-refractivity contribution in [2.45, 2.75) is 6.42 Å². The standard InChI is InChI=1S/C17H12ClN3O/c18-13-5-2-1-4-11(13)9-16-20-14-8-12(10-19-17(14)21-16)15-6-3-7-22-15/h1-8,10H,9H2,(H,19,20,21). The number of imidazole rings is 1. The maximum Gasteiger partial charge on any atom is 0.177 e. The molecule has 0 aliphatic rings. The molecular formula is C17H12ClN3O. The van der Waals surface area contributed by atoms with Crippen molar-refractivity contribution < 1.29 is 4.42 Å². The fourth-order valence-electron chi connectivity index (χ4n) is 2.43. The number of nitrogens with one attached hydrogen (secondary N) is 1. The van der Waals surface area contributed by atoms with Gasteiger partial charge in [0.15, 0.2) is 5.65 Å². The summed E-state index contributed by atoms with van der Waals surface area (Å²) in [7, 11) is 0. The first kappa shape index (κ1) is 13.1. The van der Waals surface area contributed by atoms with Gasteiger partial charge in [-0.1, -0.05) is 29.8 Å². The molecular weight excluding hydrogens is 298 g/mol. The van der Waals surface area contributed by atoms with E-state index in [1.165, 1.54) is 0 Å². The number of halogens is 1. The van der Waals surface area contributed by atoms with Gasteiger partial charge in [-0.3, -0.25) is 0 Å². The molecule has 4 nitrogen and oxygen atoms in total. The number of fused-ring (bicyclic) bond motifs is 1. The second kappa shape index (κ2) is 5.31. The lowest BCUT2D eigenvalue weighted by molar-refractivity contribution is 0.582. The van der Waals surface area contributed by atoms with Gasteiger partial charge in [0.25, 0.3) is 0 Å². The van der Waals surface area contributed by atoms with E-state index in [1.54, 1.807) is 12.5 Å². The van der Waals surface area contributed by atoms with E-state index < -0.39 is 0 Å². The zero-order valence-corrected chi connectivity index (χ0v) is 12.3. The third-order valence-electron chi connectivity index (χ3n) is 3.51. The molecule has 4 aromatic rings. The average molecular weight is 310 g/mol. The zero-order valence-electron chi connectivity index (χ0n) is 11.6. The maximum absolute atomic E-state index is 6.20. The molecule has 0 saturated carbocycles. The van der Waals surface area contributed by atoms with Gasteiger partial charge in [-0.2, -0.15) is 0 Å². The molecule has 108 valence electrons. The van der Waals surface area contributed by atoms with E-state index in [0.717, 1.165) is 33.3 Å². The molecule has 3 heterocycles. The van der Waals surface area contributed by atoms with Crippen LogP contribution in [-0.4, -0.2) is 15.0 Å². The van der Waals surface area contributed by atoms with Crippen LogP contribution in [0.15, 0.2) is 59.3 Å². The summed E-state index contributed by atoms with van der Waals surface area (Å²) in [6.45, 7) is 0. The molecule has 5 heteroatoms. The van der Waals surface area contributed by atoms with Gasteiger partial charge < -0.3 is 9.40 Å². The van der Waals surface area contributed by atoms with Gasteiger partial charge in [-0.25, -0.2) is 9.97 Å². The van der Waals surface area contributed by atoms with Crippen LogP contribution in [0.1, 0.15) is 11.4 Å². The summed E-state index contributed by atoms with van der Waals surface area (Å²) in [4.78, 5) is 12.2. The minimum absolute atomic E-state index is 0.645. The van der Waals surface area contributed by atoms with Gasteiger partial charge in [-0.15, -0.1) is 0 Å². The van der Waals surface area contributed by atoms with Crippen LogP contribution >= 0.6 is 11.6 Å². The van der Waals surface area contributed by atoms with E-state index in [9.17, 15) is 0 Å². The third kappa shape index (κ3) is 2.38. The SMILES string of the molecule is Clc1ccccc1Cc1nc2ncc(-c3ccco3)cc2[nH]1. The molecule has 4 rings (SSSR count). The molecule has 0 aliphatic carbocycles. The Balaban J connectivity index is 1.70. The predicted octanol–water partition coefficient (Wildman–Crippen LogP) is 4.46. The summed E-state index contributed by atoms with van der Waals surface area (Å²) in [6.07, 6.45) is 4.06. The number of furan rings is 1. The smallest absolute Gasteiger partial charge is 0.177 e. The number of H-pyrrole nitrogens is 1. The minimum atomic E-state index is 0.645. The van der Waals surface area contributed by atoms with Crippen molar-refractivity contribution >= 4 is 22.8 Å². The van der Waals surface area contributed by atoms with Crippen molar-refractivity contribution in [2.24, 2.45) is 0 Å². The predicted molar refractivity (Wildman–Crippen MR) is 85.8 cm³/mol. The first-order valence-electron chi connectivity index (χ1n) is 6.91. The van der Waals surface area contributed by atoms with E-state index >= 15 is 0 Å². The van der Waals surface area contributed by atoms with E-state index in [1.807, 2.05) is 42.5 Å². The van der Waals surface area contributed by atoms with Gasteiger partial charge in [-0.05, 0) is 29.8 Å². The summed E-state index contributed by atoms with van der Waals surface area (Å²) in [6, 6.07) is 13.5. The highest BCUT2D eigenvalue weighted by molar-refractivity contribution is 6.31. The molecule has 0 aliphatic heterocycles. The van der Waals surface area contributed by atoms with Crippen LogP contribution < -0.4 is 0 Å². The summed E-state index contributed by atoms with van der Waals surface area (Å²) >= 11 is 6.20. The highest BCUT2D eigenvalue weighted by atomic mass is 35.5. The fourth-order valence-corrected chi connectivity index (χ4v) is 2.64. The number of hydrogen-bond acceptors (Lipinski definition) is 3. The average Bonchev–Trinajstić information content (AvgIpc) is 3.17. The molecule has 0 bridgehead atoms. The Bertz CT molecular complexity index is 928. The van der Waals surface area contributed by atoms with Crippen molar-refractivity contribution in [1.82, 2.24) is 15.0 Å². The lowest BCUT2D eigenvalue weighted by Gasteiger charge is -2.00. The Morgan fingerprint density at radius 1 is 1.14 bits per heavy atom. The van der Waals surface area contributed by atoms with E-state index in [4.69, 9.17) is 16.0 Å². The quantitative estimate of drug-likeness (QED) is 0.608. The molecule has 0 saturated heterocycles. The molecule has 1 aromatic carbocycles. The van der Waals surface area contributed by atoms with E-state index in [2.05, 4.69) is 15.0 Å². The maximum atomic E-state index is 6.20. The number of benzene rings is 1. The number of pyridine rings is 1. The van der Waals surface area contributed by atoms with Crippen LogP contribution in [0.3, 0.4) is 0 Å². The molecule has 0 spiro atoms. The number of aromatic amines is 1. The summed E-state index contributed by atoms with van der Waals surface area (Å²) in [5.41, 5.74) is 3.54. The lowest BCUT2D eigenvalue weighted by atomic mass is 10.1. The van der Waals surface area contributed by atoms with Crippen LogP contribution in [0.2, 0.25) is 5.02 Å². The van der Waals surface area contributed by atoms with Gasteiger partial charge in [0.05, 0.1) is 11.8 Å². The van der Waals surface area contributed by atoms with Crippen LogP contribution in [0.5, 0.6) is 0 Å². The highest BCUT2D eigenvalue weighted by Crippen LogP contribution is 2.23. The Kier molecular flexibility index (Phi) is 3.16. The van der Waals surface area contributed by atoms with Gasteiger partial charge >= 0.3 is 0 Å². The summed E-state index contributed by atoms with van der Waals surface area (Å²) in [5.74, 6) is 1.63. The van der Waals surface area contributed by atoms with Crippen molar-refractivity contribution in [2.75, 3.05) is 0 Å². The summed E-state index contributed by atoms with van der Waals surface area (Å²) < 4.78 is 5.39. The first-order chi connectivity index (χ1) is 10.8. The molecule has 0 unspecified atom stereocenters. The number of nitrogens with zero attached hydrogens (tertiary/aromatic N) is 2. The second-order valence-corrected chi connectivity index (χ2v) is 5.43. The van der Waals surface area contributed by atoms with Gasteiger partial charge in [0.2, 0.25) is 0 Å². The highest BCUT2D eigenvalue weighted by Gasteiger charge is 2.09. The van der Waals surface area contributed by atoms with Crippen LogP contribution in [0.4, 0.5) is 0 Å². The molecule has 0 radical (unpaired) electrons. The fraction of sp³-hybridized carbons (Fsp3) is 0.0588. The lowest BCUT2D eigenvalue weighted by Crippen LogP contribution is -1.91. The topological polar surface area (TPSA) is 54.7 Å². The van der Waals surface area contributed by atoms with Crippen molar-refractivity contribution in [3.05, 3.63) is 71.3 Å². The van der Waals surface area contributed by atoms with Crippen molar-refractivity contribution in [3.63, 3.8) is 0 Å². The Morgan fingerprint density at radius 2 is 2.05 bits per heavy atom. The van der Waals surface area contributed by atoms with Crippen LogP contribution in [0, 0.1) is 0 Å². The normalized spacial score (nSPS) is 11.1.